The second-order valence-electron chi connectivity index (χ2n) is 9.11. The lowest BCUT2D eigenvalue weighted by atomic mass is 9.93. The third-order valence-corrected chi connectivity index (χ3v) is 7.02. The van der Waals surface area contributed by atoms with Crippen LogP contribution < -0.4 is 10.6 Å². The van der Waals surface area contributed by atoms with Crippen LogP contribution in [0.25, 0.3) is 16.9 Å². The Morgan fingerprint density at radius 1 is 1.03 bits per heavy atom. The maximum atomic E-state index is 12.8. The highest BCUT2D eigenvalue weighted by atomic mass is 16.3. The highest BCUT2D eigenvalue weighted by Crippen LogP contribution is 2.36. The van der Waals surface area contributed by atoms with E-state index in [1.54, 1.807) is 12.4 Å². The second kappa shape index (κ2) is 8.53. The Morgan fingerprint density at radius 3 is 2.85 bits per heavy atom. The van der Waals surface area contributed by atoms with Crippen molar-refractivity contribution in [3.8, 4) is 11.3 Å². The minimum absolute atomic E-state index is 0.0940. The highest BCUT2D eigenvalue weighted by Gasteiger charge is 2.27. The Balaban J connectivity index is 1.29. The van der Waals surface area contributed by atoms with Crippen LogP contribution in [0.1, 0.15) is 59.5 Å². The molecule has 8 heteroatoms. The van der Waals surface area contributed by atoms with Gasteiger partial charge in [0.25, 0.3) is 5.91 Å². The number of carbonyl (C=O) groups is 1. The summed E-state index contributed by atoms with van der Waals surface area (Å²) in [5, 5.41) is 16.2. The number of carbonyl (C=O) groups excluding carboxylic acids is 1. The van der Waals surface area contributed by atoms with E-state index in [0.29, 0.717) is 23.8 Å². The van der Waals surface area contributed by atoms with Gasteiger partial charge in [-0.15, -0.1) is 0 Å². The number of nitrogens with zero attached hydrogens (tertiary/aromatic N) is 4. The molecule has 4 aromatic rings. The number of anilines is 2. The molecule has 4 heterocycles. The Kier molecular flexibility index (Phi) is 5.22. The number of rotatable bonds is 4. The van der Waals surface area contributed by atoms with E-state index in [4.69, 9.17) is 0 Å². The molecule has 0 radical (unpaired) electrons. The molecule has 0 spiro atoms. The summed E-state index contributed by atoms with van der Waals surface area (Å²) < 4.78 is 1.98. The van der Waals surface area contributed by atoms with Crippen molar-refractivity contribution >= 4 is 23.1 Å². The molecule has 1 saturated carbocycles. The lowest BCUT2D eigenvalue weighted by molar-refractivity contribution is 0.0966. The van der Waals surface area contributed by atoms with Crippen molar-refractivity contribution in [1.29, 1.82) is 0 Å². The van der Waals surface area contributed by atoms with Crippen molar-refractivity contribution in [3.63, 3.8) is 0 Å². The average Bonchev–Trinajstić information content (AvgIpc) is 3.39. The van der Waals surface area contributed by atoms with Crippen LogP contribution in [0.4, 0.5) is 11.5 Å². The van der Waals surface area contributed by atoms with Crippen LogP contribution in [-0.2, 0) is 6.54 Å². The number of benzene rings is 1. The highest BCUT2D eigenvalue weighted by molar-refractivity contribution is 6.06. The summed E-state index contributed by atoms with van der Waals surface area (Å²) in [6.45, 7) is 0.469. The largest absolute Gasteiger partial charge is 0.393 e. The summed E-state index contributed by atoms with van der Waals surface area (Å²) in [5.74, 6) is 1.05. The predicted molar refractivity (Wildman–Crippen MR) is 129 cm³/mol. The number of nitrogens with one attached hydrogen (secondary N) is 2. The Labute approximate surface area is 197 Å². The van der Waals surface area contributed by atoms with E-state index < -0.39 is 0 Å². The lowest BCUT2D eigenvalue weighted by Gasteiger charge is -2.16. The number of fused-ring (bicyclic) bond motifs is 2. The standard InChI is InChI=1S/C26H26N6O2/c33-18-3-1-2-16(4-6-18)17-5-9-23(28-12-17)31-21-8-7-19(20-13-30-26(34)25(20)21)22-14-29-24-15-27-10-11-32(22)24/h5,7-12,14-16,18,33H,1-4,6,13H2,(H,28,31)(H,30,34). The quantitative estimate of drug-likeness (QED) is 0.400. The minimum Gasteiger partial charge on any atom is -0.393 e. The summed E-state index contributed by atoms with van der Waals surface area (Å²) in [5.41, 5.74) is 6.19. The first-order valence-electron chi connectivity index (χ1n) is 11.8. The monoisotopic (exact) mass is 454 g/mol. The zero-order valence-corrected chi connectivity index (χ0v) is 18.7. The maximum absolute atomic E-state index is 12.8. The van der Waals surface area contributed by atoms with Crippen molar-refractivity contribution in [2.45, 2.75) is 50.7 Å². The van der Waals surface area contributed by atoms with Gasteiger partial charge in [0, 0.05) is 30.7 Å². The molecule has 1 aromatic carbocycles. The summed E-state index contributed by atoms with van der Waals surface area (Å²) in [6, 6.07) is 8.04. The van der Waals surface area contributed by atoms with Crippen molar-refractivity contribution in [2.75, 3.05) is 5.32 Å². The summed E-state index contributed by atoms with van der Waals surface area (Å²) >= 11 is 0. The fourth-order valence-electron chi connectivity index (χ4n) is 5.21. The first-order chi connectivity index (χ1) is 16.7. The van der Waals surface area contributed by atoms with Crippen LogP contribution >= 0.6 is 0 Å². The molecule has 8 nitrogen and oxygen atoms in total. The molecule has 0 bridgehead atoms. The lowest BCUT2D eigenvalue weighted by Crippen LogP contribution is -2.13. The number of hydrogen-bond donors (Lipinski definition) is 3. The molecular formula is C26H26N6O2. The van der Waals surface area contributed by atoms with Crippen LogP contribution in [0.3, 0.4) is 0 Å². The number of hydrogen-bond acceptors (Lipinski definition) is 6. The van der Waals surface area contributed by atoms with E-state index in [-0.39, 0.29) is 12.0 Å². The first-order valence-corrected chi connectivity index (χ1v) is 11.8. The molecule has 6 rings (SSSR count). The van der Waals surface area contributed by atoms with Crippen LogP contribution in [0.5, 0.6) is 0 Å². The van der Waals surface area contributed by atoms with Gasteiger partial charge >= 0.3 is 0 Å². The van der Waals surface area contributed by atoms with E-state index >= 15 is 0 Å². The van der Waals surface area contributed by atoms with E-state index in [9.17, 15) is 9.90 Å². The number of imidazole rings is 1. The number of pyridine rings is 1. The van der Waals surface area contributed by atoms with Gasteiger partial charge in [0.1, 0.15) is 5.82 Å². The van der Waals surface area contributed by atoms with Gasteiger partial charge in [0.15, 0.2) is 5.65 Å². The van der Waals surface area contributed by atoms with Gasteiger partial charge in [-0.25, -0.2) is 9.97 Å². The molecule has 172 valence electrons. The Hall–Kier alpha value is -3.78. The number of amides is 1. The summed E-state index contributed by atoms with van der Waals surface area (Å²) in [7, 11) is 0. The zero-order valence-electron chi connectivity index (χ0n) is 18.7. The number of aromatic nitrogens is 4. The normalized spacial score (nSPS) is 20.1. The third kappa shape index (κ3) is 3.70. The van der Waals surface area contributed by atoms with E-state index in [0.717, 1.165) is 60.3 Å². The fourth-order valence-corrected chi connectivity index (χ4v) is 5.21. The molecule has 2 atom stereocenters. The topological polar surface area (TPSA) is 104 Å². The average molecular weight is 455 g/mol. The van der Waals surface area contributed by atoms with Gasteiger partial charge in [-0.1, -0.05) is 18.6 Å². The number of aliphatic hydroxyl groups excluding tert-OH is 1. The molecule has 1 amide bonds. The van der Waals surface area contributed by atoms with Crippen molar-refractivity contribution in [1.82, 2.24) is 24.7 Å². The van der Waals surface area contributed by atoms with Crippen molar-refractivity contribution < 1.29 is 9.90 Å². The van der Waals surface area contributed by atoms with Gasteiger partial charge in [-0.3, -0.25) is 14.2 Å². The van der Waals surface area contributed by atoms with E-state index in [1.807, 2.05) is 41.2 Å². The fraction of sp³-hybridized carbons (Fsp3) is 0.308. The van der Waals surface area contributed by atoms with Crippen LogP contribution in [-0.4, -0.2) is 36.5 Å². The SMILES string of the molecule is O=C1NCc2c(-c3cnc4cnccn34)ccc(Nc3ccc(C4CCCC(O)CC4)cn3)c21. The molecule has 1 fully saturated rings. The molecule has 2 unspecified atom stereocenters. The third-order valence-electron chi connectivity index (χ3n) is 7.02. The van der Waals surface area contributed by atoms with Crippen molar-refractivity contribution in [2.24, 2.45) is 0 Å². The first kappa shape index (κ1) is 20.8. The molecule has 1 aliphatic carbocycles. The summed E-state index contributed by atoms with van der Waals surface area (Å²) in [4.78, 5) is 26.0. The van der Waals surface area contributed by atoms with Gasteiger partial charge in [0.05, 0.1) is 35.4 Å². The van der Waals surface area contributed by atoms with E-state index in [1.165, 1.54) is 5.56 Å². The zero-order chi connectivity index (χ0) is 23.1. The van der Waals surface area contributed by atoms with Crippen molar-refractivity contribution in [3.05, 3.63) is 71.9 Å². The maximum Gasteiger partial charge on any atom is 0.254 e. The molecule has 1 aliphatic heterocycles. The molecule has 3 N–H and O–H groups in total. The van der Waals surface area contributed by atoms with Gasteiger partial charge < -0.3 is 15.7 Å². The predicted octanol–water partition coefficient (Wildman–Crippen LogP) is 4.19. The van der Waals surface area contributed by atoms with E-state index in [2.05, 4.69) is 31.7 Å². The summed E-state index contributed by atoms with van der Waals surface area (Å²) in [6.07, 6.45) is 13.7. The van der Waals surface area contributed by atoms with Gasteiger partial charge in [-0.2, -0.15) is 0 Å². The van der Waals surface area contributed by atoms with Crippen LogP contribution in [0, 0.1) is 0 Å². The molecule has 2 aliphatic rings. The minimum atomic E-state index is -0.174. The molecule has 3 aromatic heterocycles. The molecule has 34 heavy (non-hydrogen) atoms. The number of aliphatic hydroxyl groups is 1. The molecule has 0 saturated heterocycles. The second-order valence-corrected chi connectivity index (χ2v) is 9.11. The van der Waals surface area contributed by atoms with Gasteiger partial charge in [-0.05, 0) is 54.9 Å². The van der Waals surface area contributed by atoms with Crippen LogP contribution in [0.2, 0.25) is 0 Å². The van der Waals surface area contributed by atoms with Crippen LogP contribution in [0.15, 0.2) is 55.2 Å². The Morgan fingerprint density at radius 2 is 1.97 bits per heavy atom. The van der Waals surface area contributed by atoms with Gasteiger partial charge in [0.2, 0.25) is 0 Å². The molecular weight excluding hydrogens is 428 g/mol. The Bertz CT molecular complexity index is 1360. The smallest absolute Gasteiger partial charge is 0.254 e.